The Labute approximate surface area is 161 Å². The van der Waals surface area contributed by atoms with E-state index < -0.39 is 5.54 Å². The predicted molar refractivity (Wildman–Crippen MR) is 103 cm³/mol. The molecular formula is C20H31N3O4. The van der Waals surface area contributed by atoms with Gasteiger partial charge >= 0.3 is 5.97 Å². The lowest BCUT2D eigenvalue weighted by Gasteiger charge is -2.48. The molecule has 1 amide bonds. The van der Waals surface area contributed by atoms with E-state index in [1.807, 2.05) is 32.0 Å². The predicted octanol–water partition coefficient (Wildman–Crippen LogP) is 1.72. The third kappa shape index (κ3) is 4.48. The van der Waals surface area contributed by atoms with Gasteiger partial charge < -0.3 is 9.57 Å². The van der Waals surface area contributed by atoms with Gasteiger partial charge in [0.15, 0.2) is 5.54 Å². The number of hydrazine groups is 1. The third-order valence-electron chi connectivity index (χ3n) is 5.26. The number of carbonyl (C=O) groups excluding carboxylic acids is 2. The highest BCUT2D eigenvalue weighted by atomic mass is 16.7. The monoisotopic (exact) mass is 377 g/mol. The van der Waals surface area contributed by atoms with Crippen molar-refractivity contribution in [2.75, 3.05) is 41.4 Å². The van der Waals surface area contributed by atoms with Crippen LogP contribution in [0.25, 0.3) is 0 Å². The molecule has 1 aliphatic rings. The zero-order valence-corrected chi connectivity index (χ0v) is 17.2. The number of carbonyl (C=O) groups is 2. The number of methoxy groups -OCH3 is 1. The van der Waals surface area contributed by atoms with Crippen LogP contribution in [0.1, 0.15) is 29.5 Å². The number of benzene rings is 1. The summed E-state index contributed by atoms with van der Waals surface area (Å²) in [6.45, 7) is 5.10. The molecule has 1 aromatic rings. The minimum atomic E-state index is -1.03. The van der Waals surface area contributed by atoms with Crippen LogP contribution in [0.2, 0.25) is 0 Å². The van der Waals surface area contributed by atoms with Gasteiger partial charge in [0.1, 0.15) is 0 Å². The molecule has 1 aromatic carbocycles. The number of hydrogen-bond donors (Lipinski definition) is 0. The topological polar surface area (TPSA) is 62.3 Å². The summed E-state index contributed by atoms with van der Waals surface area (Å²) in [5.41, 5.74) is 2.12. The van der Waals surface area contributed by atoms with Crippen LogP contribution < -0.4 is 0 Å². The van der Waals surface area contributed by atoms with E-state index in [0.29, 0.717) is 25.9 Å². The number of aryl methyl sites for hydroxylation is 2. The Hall–Kier alpha value is -1.96. The number of rotatable bonds is 6. The number of hydrogen-bond acceptors (Lipinski definition) is 6. The molecule has 0 spiro atoms. The van der Waals surface area contributed by atoms with Gasteiger partial charge in [0.25, 0.3) is 0 Å². The molecule has 1 fully saturated rings. The number of piperidine rings is 1. The maximum atomic E-state index is 13.3. The lowest BCUT2D eigenvalue weighted by Crippen LogP contribution is -2.66. The van der Waals surface area contributed by atoms with Gasteiger partial charge in [0.05, 0.1) is 20.6 Å². The van der Waals surface area contributed by atoms with E-state index in [2.05, 4.69) is 0 Å². The smallest absolute Gasteiger partial charge is 0.333 e. The number of amides is 1. The van der Waals surface area contributed by atoms with Crippen LogP contribution in [-0.4, -0.2) is 73.9 Å². The highest BCUT2D eigenvalue weighted by Crippen LogP contribution is 2.32. The summed E-state index contributed by atoms with van der Waals surface area (Å²) in [7, 11) is 6.55. The van der Waals surface area contributed by atoms with Gasteiger partial charge in [-0.2, -0.15) is 5.06 Å². The van der Waals surface area contributed by atoms with Crippen molar-refractivity contribution in [1.82, 2.24) is 15.1 Å². The molecular weight excluding hydrogens is 346 g/mol. The molecule has 1 saturated heterocycles. The van der Waals surface area contributed by atoms with Gasteiger partial charge in [0, 0.05) is 27.2 Å². The Kier molecular flexibility index (Phi) is 6.97. The molecule has 7 heteroatoms. The fourth-order valence-corrected chi connectivity index (χ4v) is 3.80. The zero-order valence-electron chi connectivity index (χ0n) is 17.2. The standard InChI is InChI=1S/C20H31N3O4/c1-15-7-8-16(2)17(13-15)14-18(24)23(21(3)4)20(19(25)26-5)9-11-22(27-6)12-10-20/h7-8,13H,9-12,14H2,1-6H3. The van der Waals surface area contributed by atoms with Crippen LogP contribution >= 0.6 is 0 Å². The summed E-state index contributed by atoms with van der Waals surface area (Å²) >= 11 is 0. The van der Waals surface area contributed by atoms with Gasteiger partial charge in [-0.1, -0.05) is 23.8 Å². The SMILES string of the molecule is COC(=O)C1(N(C(=O)Cc2cc(C)ccc2C)N(C)C)CCN(OC)CC1. The molecule has 27 heavy (non-hydrogen) atoms. The Morgan fingerprint density at radius 1 is 1.15 bits per heavy atom. The third-order valence-corrected chi connectivity index (χ3v) is 5.26. The lowest BCUT2D eigenvalue weighted by molar-refractivity contribution is -0.203. The Balaban J connectivity index is 2.35. The first kappa shape index (κ1) is 21.3. The molecule has 1 heterocycles. The van der Waals surface area contributed by atoms with Crippen molar-refractivity contribution in [3.05, 3.63) is 34.9 Å². The average molecular weight is 377 g/mol. The maximum Gasteiger partial charge on any atom is 0.333 e. The second-order valence-corrected chi connectivity index (χ2v) is 7.29. The quantitative estimate of drug-likeness (QED) is 0.556. The van der Waals surface area contributed by atoms with Crippen LogP contribution in [0.3, 0.4) is 0 Å². The molecule has 7 nitrogen and oxygen atoms in total. The van der Waals surface area contributed by atoms with Crippen molar-refractivity contribution in [2.45, 2.75) is 38.6 Å². The molecule has 1 aliphatic heterocycles. The van der Waals surface area contributed by atoms with E-state index in [9.17, 15) is 9.59 Å². The molecule has 0 saturated carbocycles. The molecule has 0 atom stereocenters. The first-order valence-electron chi connectivity index (χ1n) is 9.19. The Bertz CT molecular complexity index is 682. The number of ether oxygens (including phenoxy) is 1. The largest absolute Gasteiger partial charge is 0.467 e. The summed E-state index contributed by atoms with van der Waals surface area (Å²) in [6.07, 6.45) is 1.13. The molecule has 150 valence electrons. The van der Waals surface area contributed by atoms with E-state index in [-0.39, 0.29) is 18.3 Å². The maximum absolute atomic E-state index is 13.3. The van der Waals surface area contributed by atoms with E-state index in [4.69, 9.17) is 9.57 Å². The summed E-state index contributed by atoms with van der Waals surface area (Å²) in [5.74, 6) is -0.508. The minimum Gasteiger partial charge on any atom is -0.467 e. The van der Waals surface area contributed by atoms with Crippen molar-refractivity contribution in [2.24, 2.45) is 0 Å². The highest BCUT2D eigenvalue weighted by molar-refractivity contribution is 5.89. The molecule has 0 bridgehead atoms. The van der Waals surface area contributed by atoms with Gasteiger partial charge in [-0.05, 0) is 37.8 Å². The van der Waals surface area contributed by atoms with Crippen LogP contribution in [0.4, 0.5) is 0 Å². The first-order chi connectivity index (χ1) is 12.7. The van der Waals surface area contributed by atoms with Crippen LogP contribution in [0.15, 0.2) is 18.2 Å². The number of esters is 1. The lowest BCUT2D eigenvalue weighted by atomic mass is 9.86. The van der Waals surface area contributed by atoms with Crippen LogP contribution in [0, 0.1) is 13.8 Å². The van der Waals surface area contributed by atoms with Gasteiger partial charge in [-0.15, -0.1) is 0 Å². The van der Waals surface area contributed by atoms with Crippen LogP contribution in [0.5, 0.6) is 0 Å². The van der Waals surface area contributed by atoms with Gasteiger partial charge in [-0.3, -0.25) is 9.80 Å². The van der Waals surface area contributed by atoms with Crippen molar-refractivity contribution >= 4 is 11.9 Å². The molecule has 2 rings (SSSR count). The van der Waals surface area contributed by atoms with E-state index >= 15 is 0 Å². The first-order valence-corrected chi connectivity index (χ1v) is 9.19. The molecule has 0 aliphatic carbocycles. The Morgan fingerprint density at radius 2 is 1.78 bits per heavy atom. The summed E-state index contributed by atoms with van der Waals surface area (Å²) in [5, 5.41) is 5.07. The fourth-order valence-electron chi connectivity index (χ4n) is 3.80. The van der Waals surface area contributed by atoms with Crippen molar-refractivity contribution in [3.63, 3.8) is 0 Å². The molecule has 0 unspecified atom stereocenters. The summed E-state index contributed by atoms with van der Waals surface area (Å²) < 4.78 is 5.12. The molecule has 0 aromatic heterocycles. The molecule has 0 radical (unpaired) electrons. The van der Waals surface area contributed by atoms with Gasteiger partial charge in [-0.25, -0.2) is 9.80 Å². The van der Waals surface area contributed by atoms with Crippen molar-refractivity contribution in [1.29, 1.82) is 0 Å². The fraction of sp³-hybridized carbons (Fsp3) is 0.600. The van der Waals surface area contributed by atoms with Gasteiger partial charge in [0.2, 0.25) is 5.91 Å². The molecule has 0 N–H and O–H groups in total. The number of hydroxylamine groups is 2. The normalized spacial score (nSPS) is 17.0. The van der Waals surface area contributed by atoms with Crippen LogP contribution in [-0.2, 0) is 25.6 Å². The second-order valence-electron chi connectivity index (χ2n) is 7.29. The number of nitrogens with zero attached hydrogens (tertiary/aromatic N) is 3. The van der Waals surface area contributed by atoms with E-state index in [1.54, 1.807) is 36.3 Å². The van der Waals surface area contributed by atoms with Crippen molar-refractivity contribution in [3.8, 4) is 0 Å². The summed E-state index contributed by atoms with van der Waals surface area (Å²) in [4.78, 5) is 31.4. The zero-order chi connectivity index (χ0) is 20.2. The van der Waals surface area contributed by atoms with Crippen molar-refractivity contribution < 1.29 is 19.2 Å². The van der Waals surface area contributed by atoms with E-state index in [0.717, 1.165) is 16.7 Å². The highest BCUT2D eigenvalue weighted by Gasteiger charge is 2.50. The van der Waals surface area contributed by atoms with E-state index in [1.165, 1.54) is 7.11 Å². The summed E-state index contributed by atoms with van der Waals surface area (Å²) in [6, 6.07) is 6.08. The average Bonchev–Trinajstić information content (AvgIpc) is 2.64. The minimum absolute atomic E-state index is 0.120. The Morgan fingerprint density at radius 3 is 2.30 bits per heavy atom. The second kappa shape index (κ2) is 8.82.